The van der Waals surface area contributed by atoms with Crippen molar-refractivity contribution in [3.63, 3.8) is 0 Å². The molecule has 55 heavy (non-hydrogen) atoms. The van der Waals surface area contributed by atoms with Crippen LogP contribution in [0.15, 0.2) is 206 Å². The van der Waals surface area contributed by atoms with Crippen LogP contribution in [0.3, 0.4) is 0 Å². The summed E-state index contributed by atoms with van der Waals surface area (Å²) in [6.07, 6.45) is 0. The van der Waals surface area contributed by atoms with E-state index in [1.165, 1.54) is 77.8 Å². The Bertz CT molecular complexity index is 2930. The minimum absolute atomic E-state index is 0.402. The molecule has 0 radical (unpaired) electrons. The Morgan fingerprint density at radius 1 is 0.327 bits per heavy atom. The lowest BCUT2D eigenvalue weighted by Crippen LogP contribution is -2.26. The van der Waals surface area contributed by atoms with Crippen molar-refractivity contribution in [3.05, 3.63) is 229 Å². The molecule has 12 rings (SSSR count). The topological polar surface area (TPSA) is 6.48 Å². The van der Waals surface area contributed by atoms with Crippen molar-refractivity contribution in [1.29, 1.82) is 0 Å². The maximum Gasteiger partial charge on any atom is 0.0726 e. The molecular weight excluding hydrogens is 665 g/mol. The molecule has 0 N–H and O–H groups in total. The van der Waals surface area contributed by atoms with E-state index in [0.717, 1.165) is 22.7 Å². The van der Waals surface area contributed by atoms with E-state index < -0.39 is 5.41 Å². The third kappa shape index (κ3) is 4.08. The lowest BCUT2D eigenvalue weighted by molar-refractivity contribution is 0.793. The molecule has 0 aromatic heterocycles. The van der Waals surface area contributed by atoms with Crippen LogP contribution < -0.4 is 9.80 Å². The Hall–Kier alpha value is -7.16. The van der Waals surface area contributed by atoms with Gasteiger partial charge in [-0.15, -0.1) is 0 Å². The summed E-state index contributed by atoms with van der Waals surface area (Å²) in [5.74, 6) is 0. The summed E-state index contributed by atoms with van der Waals surface area (Å²) in [6.45, 7) is 0. The molecule has 2 nitrogen and oxygen atoms in total. The number of hydrogen-bond donors (Lipinski definition) is 0. The van der Waals surface area contributed by atoms with Crippen LogP contribution in [0.2, 0.25) is 0 Å². The molecule has 2 heteroatoms. The quantitative estimate of drug-likeness (QED) is 0.181. The second-order valence-corrected chi connectivity index (χ2v) is 14.8. The molecule has 0 atom stereocenters. The normalized spacial score (nSPS) is 13.6. The van der Waals surface area contributed by atoms with E-state index in [-0.39, 0.29) is 0 Å². The van der Waals surface area contributed by atoms with Crippen LogP contribution in [0.25, 0.3) is 44.2 Å². The summed E-state index contributed by atoms with van der Waals surface area (Å²) < 4.78 is 0. The summed E-state index contributed by atoms with van der Waals surface area (Å²) in [4.78, 5) is 4.83. The molecule has 1 aliphatic heterocycles. The van der Waals surface area contributed by atoms with Crippen molar-refractivity contribution in [3.8, 4) is 33.4 Å². The zero-order chi connectivity index (χ0) is 36.1. The number of hydrogen-bond acceptors (Lipinski definition) is 2. The van der Waals surface area contributed by atoms with Crippen molar-refractivity contribution in [2.24, 2.45) is 0 Å². The van der Waals surface area contributed by atoms with E-state index >= 15 is 0 Å². The predicted molar refractivity (Wildman–Crippen MR) is 229 cm³/mol. The van der Waals surface area contributed by atoms with Gasteiger partial charge in [-0.1, -0.05) is 146 Å². The zero-order valence-corrected chi connectivity index (χ0v) is 30.0. The number of anilines is 6. The Kier molecular flexibility index (Phi) is 6.29. The Morgan fingerprint density at radius 3 is 1.49 bits per heavy atom. The van der Waals surface area contributed by atoms with Crippen molar-refractivity contribution in [2.45, 2.75) is 5.41 Å². The van der Waals surface area contributed by atoms with Crippen LogP contribution in [0, 0.1) is 0 Å². The molecule has 0 unspecified atom stereocenters. The van der Waals surface area contributed by atoms with E-state index in [4.69, 9.17) is 0 Å². The molecule has 0 fully saturated rings. The van der Waals surface area contributed by atoms with Gasteiger partial charge in [-0.25, -0.2) is 0 Å². The van der Waals surface area contributed by atoms with Gasteiger partial charge in [0.2, 0.25) is 0 Å². The Labute approximate surface area is 320 Å². The lowest BCUT2D eigenvalue weighted by Gasteiger charge is -2.34. The fourth-order valence-electron chi connectivity index (χ4n) is 10.0. The van der Waals surface area contributed by atoms with Crippen LogP contribution >= 0.6 is 0 Å². The van der Waals surface area contributed by atoms with Gasteiger partial charge in [-0.05, 0) is 116 Å². The van der Waals surface area contributed by atoms with Gasteiger partial charge < -0.3 is 9.80 Å². The largest absolute Gasteiger partial charge is 0.310 e. The Balaban J connectivity index is 1.04. The standard InChI is InChI=1S/C53H34N2/c1-2-16-36(17-3-1)54(37-28-30-38(31-29-37)55-50-26-11-7-21-44(50)45-22-12-14-35-15-13-27-51(55)52(35)45)39-32-33-43-42-20-6-10-25-48(42)53(49(43)34-39)46-23-8-4-18-40(46)41-19-5-9-24-47(41)53/h1-34H. The van der Waals surface area contributed by atoms with Gasteiger partial charge in [0, 0.05) is 33.7 Å². The van der Waals surface area contributed by atoms with Gasteiger partial charge in [0.15, 0.2) is 0 Å². The number of fused-ring (bicyclic) bond motifs is 12. The highest BCUT2D eigenvalue weighted by Gasteiger charge is 2.51. The third-order valence-electron chi connectivity index (χ3n) is 12.2. The molecule has 1 heterocycles. The van der Waals surface area contributed by atoms with E-state index in [9.17, 15) is 0 Å². The summed E-state index contributed by atoms with van der Waals surface area (Å²) in [7, 11) is 0. The molecule has 0 bridgehead atoms. The van der Waals surface area contributed by atoms with E-state index in [0.29, 0.717) is 0 Å². The number of rotatable bonds is 4. The average molecular weight is 699 g/mol. The van der Waals surface area contributed by atoms with Crippen LogP contribution in [0.5, 0.6) is 0 Å². The number of para-hydroxylation sites is 2. The lowest BCUT2D eigenvalue weighted by atomic mass is 9.70. The first-order chi connectivity index (χ1) is 27.3. The van der Waals surface area contributed by atoms with Gasteiger partial charge >= 0.3 is 0 Å². The highest BCUT2D eigenvalue weighted by molar-refractivity contribution is 6.13. The molecule has 2 aliphatic carbocycles. The minimum atomic E-state index is -0.402. The molecule has 3 aliphatic rings. The summed E-state index contributed by atoms with van der Waals surface area (Å²) in [6, 6.07) is 76.2. The summed E-state index contributed by atoms with van der Waals surface area (Å²) >= 11 is 0. The second-order valence-electron chi connectivity index (χ2n) is 14.8. The highest BCUT2D eigenvalue weighted by Crippen LogP contribution is 2.63. The van der Waals surface area contributed by atoms with E-state index in [1.54, 1.807) is 0 Å². The minimum Gasteiger partial charge on any atom is -0.310 e. The van der Waals surface area contributed by atoms with Crippen molar-refractivity contribution < 1.29 is 0 Å². The first-order valence-corrected chi connectivity index (χ1v) is 19.1. The molecule has 0 saturated heterocycles. The molecule has 0 amide bonds. The zero-order valence-electron chi connectivity index (χ0n) is 30.0. The van der Waals surface area contributed by atoms with Gasteiger partial charge in [-0.2, -0.15) is 0 Å². The summed E-state index contributed by atoms with van der Waals surface area (Å²) in [5, 5.41) is 2.55. The predicted octanol–water partition coefficient (Wildman–Crippen LogP) is 14.1. The Morgan fingerprint density at radius 2 is 0.818 bits per heavy atom. The monoisotopic (exact) mass is 698 g/mol. The molecule has 9 aromatic carbocycles. The van der Waals surface area contributed by atoms with Crippen LogP contribution in [-0.2, 0) is 5.41 Å². The molecule has 0 saturated carbocycles. The first kappa shape index (κ1) is 30.3. The van der Waals surface area contributed by atoms with Crippen LogP contribution in [0.4, 0.5) is 34.1 Å². The van der Waals surface area contributed by atoms with Crippen molar-refractivity contribution in [1.82, 2.24) is 0 Å². The van der Waals surface area contributed by atoms with Gasteiger partial charge in [0.1, 0.15) is 0 Å². The van der Waals surface area contributed by atoms with Crippen molar-refractivity contribution >= 4 is 44.9 Å². The molecular formula is C53H34N2. The number of nitrogens with zero attached hydrogens (tertiary/aromatic N) is 2. The molecule has 9 aromatic rings. The third-order valence-corrected chi connectivity index (χ3v) is 12.2. The second kappa shape index (κ2) is 11.4. The number of benzene rings is 9. The van der Waals surface area contributed by atoms with Crippen LogP contribution in [-0.4, -0.2) is 0 Å². The highest BCUT2D eigenvalue weighted by atomic mass is 15.2. The SMILES string of the molecule is c1ccc(N(c2ccc(N3c4ccccc4-c4cccc5cccc3c45)cc2)c2ccc3c(c2)C2(c4ccccc4-c4ccccc42)c2ccccc2-3)cc1. The van der Waals surface area contributed by atoms with Crippen LogP contribution in [0.1, 0.15) is 22.3 Å². The van der Waals surface area contributed by atoms with E-state index in [2.05, 4.69) is 216 Å². The van der Waals surface area contributed by atoms with Gasteiger partial charge in [-0.3, -0.25) is 0 Å². The van der Waals surface area contributed by atoms with Gasteiger partial charge in [0.25, 0.3) is 0 Å². The molecule has 1 spiro atoms. The fraction of sp³-hybridized carbons (Fsp3) is 0.0189. The van der Waals surface area contributed by atoms with E-state index in [1.807, 2.05) is 0 Å². The summed E-state index contributed by atoms with van der Waals surface area (Å²) in [5.41, 5.74) is 19.7. The maximum atomic E-state index is 2.47. The van der Waals surface area contributed by atoms with Gasteiger partial charge in [0.05, 0.1) is 16.8 Å². The smallest absolute Gasteiger partial charge is 0.0726 e. The fourth-order valence-corrected chi connectivity index (χ4v) is 10.0. The first-order valence-electron chi connectivity index (χ1n) is 19.1. The average Bonchev–Trinajstić information content (AvgIpc) is 3.72. The molecule has 256 valence electrons. The van der Waals surface area contributed by atoms with Crippen molar-refractivity contribution in [2.75, 3.05) is 9.80 Å². The maximum absolute atomic E-state index is 2.47.